The summed E-state index contributed by atoms with van der Waals surface area (Å²) in [5.41, 5.74) is 2.69. The van der Waals surface area contributed by atoms with Crippen LogP contribution in [-0.2, 0) is 6.42 Å². The average molecular weight is 476 g/mol. The highest BCUT2D eigenvalue weighted by Crippen LogP contribution is 2.33. The van der Waals surface area contributed by atoms with Crippen molar-refractivity contribution < 1.29 is 4.52 Å². The molecular formula is C20H37IN4O. The molecule has 1 unspecified atom stereocenters. The fraction of sp³-hybridized carbons (Fsp3) is 0.800. The van der Waals surface area contributed by atoms with Gasteiger partial charge in [0.2, 0.25) is 0 Å². The van der Waals surface area contributed by atoms with E-state index >= 15 is 0 Å². The van der Waals surface area contributed by atoms with Crippen LogP contribution in [0.3, 0.4) is 0 Å². The summed E-state index contributed by atoms with van der Waals surface area (Å²) in [5.74, 6) is 2.03. The first-order valence-electron chi connectivity index (χ1n) is 9.94. The van der Waals surface area contributed by atoms with Gasteiger partial charge in [-0.1, -0.05) is 25.4 Å². The van der Waals surface area contributed by atoms with E-state index < -0.39 is 0 Å². The van der Waals surface area contributed by atoms with Crippen LogP contribution in [0.25, 0.3) is 0 Å². The maximum absolute atomic E-state index is 5.25. The predicted octanol–water partition coefficient (Wildman–Crippen LogP) is 4.71. The van der Waals surface area contributed by atoms with Crippen LogP contribution in [-0.4, -0.2) is 42.2 Å². The number of aromatic nitrogens is 1. The Kier molecular flexibility index (Phi) is 9.97. The molecule has 1 aromatic rings. The van der Waals surface area contributed by atoms with Crippen LogP contribution >= 0.6 is 24.0 Å². The van der Waals surface area contributed by atoms with Crippen molar-refractivity contribution in [3.63, 3.8) is 0 Å². The monoisotopic (exact) mass is 476 g/mol. The molecule has 1 saturated heterocycles. The molecule has 6 heteroatoms. The van der Waals surface area contributed by atoms with Crippen molar-refractivity contribution in [2.75, 3.05) is 26.2 Å². The molecule has 0 aromatic carbocycles. The van der Waals surface area contributed by atoms with Gasteiger partial charge in [-0.25, -0.2) is 0 Å². The van der Waals surface area contributed by atoms with Crippen molar-refractivity contribution in [2.24, 2.45) is 10.4 Å². The number of aryl methyl sites for hydroxylation is 2. The third-order valence-corrected chi connectivity index (χ3v) is 5.30. The van der Waals surface area contributed by atoms with Gasteiger partial charge < -0.3 is 14.7 Å². The van der Waals surface area contributed by atoms with Crippen molar-refractivity contribution in [1.29, 1.82) is 0 Å². The summed E-state index contributed by atoms with van der Waals surface area (Å²) in [6.45, 7) is 14.9. The van der Waals surface area contributed by atoms with Crippen molar-refractivity contribution in [3.8, 4) is 0 Å². The molecule has 2 rings (SSSR count). The van der Waals surface area contributed by atoms with Gasteiger partial charge in [-0.2, -0.15) is 0 Å². The van der Waals surface area contributed by atoms with E-state index in [0.29, 0.717) is 5.41 Å². The fourth-order valence-electron chi connectivity index (χ4n) is 4.03. The molecule has 0 saturated carbocycles. The summed E-state index contributed by atoms with van der Waals surface area (Å²) in [7, 11) is 0. The molecule has 1 aliphatic rings. The van der Waals surface area contributed by atoms with Gasteiger partial charge in [0.15, 0.2) is 5.96 Å². The van der Waals surface area contributed by atoms with E-state index in [1.54, 1.807) is 0 Å². The van der Waals surface area contributed by atoms with Gasteiger partial charge in [-0.05, 0) is 58.3 Å². The smallest absolute Gasteiger partial charge is 0.193 e. The second-order valence-corrected chi connectivity index (χ2v) is 7.73. The minimum absolute atomic E-state index is 0. The number of halogens is 1. The number of guanidine groups is 1. The third kappa shape index (κ3) is 6.43. The SMILES string of the molecule is CCCC1(C)CCCN(C(=NCCCc2c(C)noc2C)NCC)C1.I. The molecule has 150 valence electrons. The topological polar surface area (TPSA) is 53.7 Å². The molecule has 0 bridgehead atoms. The van der Waals surface area contributed by atoms with Gasteiger partial charge >= 0.3 is 0 Å². The molecule has 0 spiro atoms. The maximum atomic E-state index is 5.25. The van der Waals surface area contributed by atoms with Crippen molar-refractivity contribution >= 4 is 29.9 Å². The number of piperidine rings is 1. The Balaban J connectivity index is 0.00000338. The molecule has 2 heterocycles. The van der Waals surface area contributed by atoms with E-state index in [0.717, 1.165) is 56.4 Å². The van der Waals surface area contributed by atoms with Crippen LogP contribution < -0.4 is 5.32 Å². The Bertz CT molecular complexity index is 549. The van der Waals surface area contributed by atoms with E-state index in [4.69, 9.17) is 9.52 Å². The van der Waals surface area contributed by atoms with Crippen LogP contribution in [0.1, 0.15) is 69.9 Å². The zero-order valence-corrected chi connectivity index (χ0v) is 19.6. The summed E-state index contributed by atoms with van der Waals surface area (Å²) in [4.78, 5) is 7.37. The van der Waals surface area contributed by atoms with Crippen molar-refractivity contribution in [1.82, 2.24) is 15.4 Å². The zero-order valence-electron chi connectivity index (χ0n) is 17.2. The number of nitrogens with one attached hydrogen (secondary N) is 1. The molecule has 5 nitrogen and oxygen atoms in total. The van der Waals surface area contributed by atoms with Gasteiger partial charge in [0, 0.05) is 31.7 Å². The highest BCUT2D eigenvalue weighted by molar-refractivity contribution is 14.0. The van der Waals surface area contributed by atoms with Crippen LogP contribution in [0, 0.1) is 19.3 Å². The molecule has 1 aromatic heterocycles. The van der Waals surface area contributed by atoms with Gasteiger partial charge in [0.05, 0.1) is 5.69 Å². The van der Waals surface area contributed by atoms with E-state index in [9.17, 15) is 0 Å². The first kappa shape index (κ1) is 23.2. The lowest BCUT2D eigenvalue weighted by Crippen LogP contribution is -2.49. The number of aliphatic imine (C=N–C) groups is 1. The van der Waals surface area contributed by atoms with Gasteiger partial charge in [-0.3, -0.25) is 4.99 Å². The number of hydrogen-bond acceptors (Lipinski definition) is 3. The Morgan fingerprint density at radius 1 is 1.35 bits per heavy atom. The van der Waals surface area contributed by atoms with Crippen LogP contribution in [0.15, 0.2) is 9.52 Å². The Labute approximate surface area is 176 Å². The normalized spacial score (nSPS) is 20.8. The zero-order chi connectivity index (χ0) is 18.3. The van der Waals surface area contributed by atoms with Gasteiger partial charge in [0.25, 0.3) is 0 Å². The standard InChI is InChI=1S/C20H36N4O.HI/c1-6-11-20(5)12-9-14-24(15-20)19(21-7-2)22-13-8-10-18-16(3)23-25-17(18)4;/h6-15H2,1-5H3,(H,21,22);1H. The Hall–Kier alpha value is -0.790. The highest BCUT2D eigenvalue weighted by Gasteiger charge is 2.31. The lowest BCUT2D eigenvalue weighted by Gasteiger charge is -2.42. The van der Waals surface area contributed by atoms with E-state index in [2.05, 4.69) is 36.1 Å². The van der Waals surface area contributed by atoms with Crippen LogP contribution in [0.4, 0.5) is 0 Å². The van der Waals surface area contributed by atoms with Crippen LogP contribution in [0.2, 0.25) is 0 Å². The second kappa shape index (κ2) is 11.1. The molecule has 26 heavy (non-hydrogen) atoms. The van der Waals surface area contributed by atoms with Crippen LogP contribution in [0.5, 0.6) is 0 Å². The van der Waals surface area contributed by atoms with Gasteiger partial charge in [-0.15, -0.1) is 24.0 Å². The summed E-state index contributed by atoms with van der Waals surface area (Å²) < 4.78 is 5.25. The third-order valence-electron chi connectivity index (χ3n) is 5.30. The number of hydrogen-bond donors (Lipinski definition) is 1. The number of rotatable bonds is 7. The largest absolute Gasteiger partial charge is 0.361 e. The number of likely N-dealkylation sites (tertiary alicyclic amines) is 1. The molecule has 1 fully saturated rings. The first-order valence-corrected chi connectivity index (χ1v) is 9.94. The number of nitrogens with zero attached hydrogens (tertiary/aromatic N) is 3. The second-order valence-electron chi connectivity index (χ2n) is 7.73. The molecule has 1 atom stereocenters. The Morgan fingerprint density at radius 3 is 2.73 bits per heavy atom. The molecule has 1 aliphatic heterocycles. The quantitative estimate of drug-likeness (QED) is 0.268. The maximum Gasteiger partial charge on any atom is 0.193 e. The lowest BCUT2D eigenvalue weighted by molar-refractivity contribution is 0.142. The minimum atomic E-state index is 0. The summed E-state index contributed by atoms with van der Waals surface area (Å²) in [6.07, 6.45) is 7.17. The molecule has 0 aliphatic carbocycles. The molecular weight excluding hydrogens is 439 g/mol. The minimum Gasteiger partial charge on any atom is -0.361 e. The lowest BCUT2D eigenvalue weighted by atomic mass is 9.78. The van der Waals surface area contributed by atoms with E-state index in [1.807, 2.05) is 13.8 Å². The average Bonchev–Trinajstić information content (AvgIpc) is 2.89. The summed E-state index contributed by atoms with van der Waals surface area (Å²) in [5, 5.41) is 7.53. The van der Waals surface area contributed by atoms with Crippen molar-refractivity contribution in [3.05, 3.63) is 17.0 Å². The predicted molar refractivity (Wildman–Crippen MR) is 120 cm³/mol. The Morgan fingerprint density at radius 2 is 2.12 bits per heavy atom. The fourth-order valence-corrected chi connectivity index (χ4v) is 4.03. The molecule has 0 radical (unpaired) electrons. The molecule has 0 amide bonds. The summed E-state index contributed by atoms with van der Waals surface area (Å²) >= 11 is 0. The first-order chi connectivity index (χ1) is 12.0. The van der Waals surface area contributed by atoms with E-state index in [1.165, 1.54) is 31.2 Å². The van der Waals surface area contributed by atoms with E-state index in [-0.39, 0.29) is 24.0 Å². The van der Waals surface area contributed by atoms with Gasteiger partial charge in [0.1, 0.15) is 5.76 Å². The summed E-state index contributed by atoms with van der Waals surface area (Å²) in [6, 6.07) is 0. The highest BCUT2D eigenvalue weighted by atomic mass is 127. The van der Waals surface area contributed by atoms with Crippen molar-refractivity contribution in [2.45, 2.75) is 73.1 Å². The molecule has 1 N–H and O–H groups in total.